The van der Waals surface area contributed by atoms with Crippen LogP contribution < -0.4 is 5.32 Å². The molecular weight excluding hydrogens is 683 g/mol. The predicted octanol–water partition coefficient (Wildman–Crippen LogP) is 14.2. The fraction of sp³-hybridized carbons (Fsp3) is 0.918. The summed E-state index contributed by atoms with van der Waals surface area (Å²) in [6.07, 6.45) is 47.1. The van der Waals surface area contributed by atoms with Crippen molar-refractivity contribution in [2.75, 3.05) is 6.61 Å². The van der Waals surface area contributed by atoms with E-state index in [-0.39, 0.29) is 24.9 Å². The van der Waals surface area contributed by atoms with E-state index < -0.39 is 18.2 Å². The summed E-state index contributed by atoms with van der Waals surface area (Å²) >= 11 is 0. The van der Waals surface area contributed by atoms with Gasteiger partial charge in [-0.15, -0.1) is 0 Å². The summed E-state index contributed by atoms with van der Waals surface area (Å²) in [7, 11) is 0. The molecule has 1 amide bonds. The van der Waals surface area contributed by atoms with Gasteiger partial charge in [0, 0.05) is 6.42 Å². The van der Waals surface area contributed by atoms with Gasteiger partial charge in [0.2, 0.25) is 5.91 Å². The number of hydrogen-bond acceptors (Lipinski definition) is 5. The molecule has 0 saturated heterocycles. The van der Waals surface area contributed by atoms with Crippen LogP contribution in [0.5, 0.6) is 0 Å². The van der Waals surface area contributed by atoms with Crippen molar-refractivity contribution in [1.82, 2.24) is 5.32 Å². The molecule has 0 aromatic rings. The van der Waals surface area contributed by atoms with Gasteiger partial charge in [-0.1, -0.05) is 213 Å². The van der Waals surface area contributed by atoms with Crippen LogP contribution in [0.4, 0.5) is 0 Å². The van der Waals surface area contributed by atoms with E-state index in [1.807, 2.05) is 0 Å². The summed E-state index contributed by atoms with van der Waals surface area (Å²) in [5.74, 6) is -0.482. The fourth-order valence-electron chi connectivity index (χ4n) is 7.60. The van der Waals surface area contributed by atoms with Gasteiger partial charge >= 0.3 is 5.97 Å². The van der Waals surface area contributed by atoms with Gasteiger partial charge in [-0.3, -0.25) is 9.59 Å². The molecule has 326 valence electrons. The number of amides is 1. The van der Waals surface area contributed by atoms with Gasteiger partial charge < -0.3 is 20.3 Å². The molecular formula is C49H95NO5. The molecule has 0 rings (SSSR count). The molecule has 0 aliphatic carbocycles. The van der Waals surface area contributed by atoms with Crippen molar-refractivity contribution in [2.24, 2.45) is 0 Å². The summed E-state index contributed by atoms with van der Waals surface area (Å²) in [6, 6.07) is -0.698. The second-order valence-corrected chi connectivity index (χ2v) is 16.9. The zero-order valence-corrected chi connectivity index (χ0v) is 37.1. The Kier molecular flexibility index (Phi) is 42.6. The van der Waals surface area contributed by atoms with Gasteiger partial charge in [0.25, 0.3) is 0 Å². The van der Waals surface area contributed by atoms with E-state index in [1.165, 1.54) is 154 Å². The minimum absolute atomic E-state index is 0.0726. The Morgan fingerprint density at radius 2 is 0.873 bits per heavy atom. The van der Waals surface area contributed by atoms with Crippen LogP contribution in [0.25, 0.3) is 0 Å². The third-order valence-electron chi connectivity index (χ3n) is 11.3. The van der Waals surface area contributed by atoms with Crippen LogP contribution in [-0.2, 0) is 14.3 Å². The summed E-state index contributed by atoms with van der Waals surface area (Å²) in [4.78, 5) is 25.9. The number of hydrogen-bond donors (Lipinski definition) is 3. The van der Waals surface area contributed by atoms with Gasteiger partial charge in [0.05, 0.1) is 25.2 Å². The van der Waals surface area contributed by atoms with Gasteiger partial charge in [0.1, 0.15) is 6.10 Å². The lowest BCUT2D eigenvalue weighted by Gasteiger charge is -2.24. The van der Waals surface area contributed by atoms with Crippen molar-refractivity contribution < 1.29 is 24.5 Å². The molecule has 0 aromatic carbocycles. The smallest absolute Gasteiger partial charge is 0.306 e. The van der Waals surface area contributed by atoms with Crippen LogP contribution in [0, 0.1) is 0 Å². The predicted molar refractivity (Wildman–Crippen MR) is 237 cm³/mol. The van der Waals surface area contributed by atoms with Crippen LogP contribution in [0.15, 0.2) is 12.2 Å². The molecule has 6 nitrogen and oxygen atoms in total. The summed E-state index contributed by atoms with van der Waals surface area (Å²) < 4.78 is 5.88. The Morgan fingerprint density at radius 3 is 1.33 bits per heavy atom. The highest BCUT2D eigenvalue weighted by Crippen LogP contribution is 2.18. The van der Waals surface area contributed by atoms with E-state index in [9.17, 15) is 19.8 Å². The molecule has 55 heavy (non-hydrogen) atoms. The quantitative estimate of drug-likeness (QED) is 0.0325. The minimum Gasteiger partial charge on any atom is -0.462 e. The molecule has 0 fully saturated rings. The second kappa shape index (κ2) is 43.7. The lowest BCUT2D eigenvalue weighted by molar-refractivity contribution is -0.151. The highest BCUT2D eigenvalue weighted by molar-refractivity contribution is 5.77. The van der Waals surface area contributed by atoms with Crippen LogP contribution in [-0.4, -0.2) is 46.9 Å². The van der Waals surface area contributed by atoms with Crippen LogP contribution in [0.1, 0.15) is 265 Å². The number of nitrogens with one attached hydrogen (secondary N) is 1. The molecule has 0 radical (unpaired) electrons. The van der Waals surface area contributed by atoms with Crippen molar-refractivity contribution >= 4 is 11.9 Å². The Morgan fingerprint density at radius 1 is 0.509 bits per heavy atom. The Labute approximate surface area is 342 Å². The Hall–Kier alpha value is -1.40. The molecule has 0 saturated carbocycles. The maximum Gasteiger partial charge on any atom is 0.306 e. The molecule has 3 unspecified atom stereocenters. The first-order chi connectivity index (χ1) is 27.0. The third-order valence-corrected chi connectivity index (χ3v) is 11.3. The van der Waals surface area contributed by atoms with E-state index in [1.54, 1.807) is 0 Å². The van der Waals surface area contributed by atoms with E-state index in [0.717, 1.165) is 64.2 Å². The van der Waals surface area contributed by atoms with Gasteiger partial charge in [-0.25, -0.2) is 0 Å². The van der Waals surface area contributed by atoms with Crippen molar-refractivity contribution in [1.29, 1.82) is 0 Å². The Balaban J connectivity index is 4.41. The number of unbranched alkanes of at least 4 members (excludes halogenated alkanes) is 30. The van der Waals surface area contributed by atoms with Gasteiger partial charge in [-0.2, -0.15) is 0 Å². The van der Waals surface area contributed by atoms with Crippen LogP contribution >= 0.6 is 0 Å². The van der Waals surface area contributed by atoms with Crippen LogP contribution in [0.3, 0.4) is 0 Å². The number of carbonyl (C=O) groups is 2. The molecule has 0 spiro atoms. The van der Waals surface area contributed by atoms with Crippen molar-refractivity contribution in [3.05, 3.63) is 12.2 Å². The molecule has 6 heteroatoms. The molecule has 0 aliphatic heterocycles. The van der Waals surface area contributed by atoms with Gasteiger partial charge in [-0.05, 0) is 51.4 Å². The first-order valence-electron chi connectivity index (χ1n) is 24.4. The summed E-state index contributed by atoms with van der Waals surface area (Å²) in [5, 5.41) is 23.7. The largest absolute Gasteiger partial charge is 0.462 e. The summed E-state index contributed by atoms with van der Waals surface area (Å²) in [6.45, 7) is 6.44. The van der Waals surface area contributed by atoms with E-state index in [4.69, 9.17) is 4.74 Å². The lowest BCUT2D eigenvalue weighted by Crippen LogP contribution is -2.46. The zero-order valence-electron chi connectivity index (χ0n) is 37.1. The number of aliphatic hydroxyl groups is 2. The average molecular weight is 778 g/mol. The van der Waals surface area contributed by atoms with Crippen molar-refractivity contribution in [3.63, 3.8) is 0 Å². The van der Waals surface area contributed by atoms with Crippen molar-refractivity contribution in [3.8, 4) is 0 Å². The lowest BCUT2D eigenvalue weighted by atomic mass is 10.0. The molecule has 3 atom stereocenters. The molecule has 0 heterocycles. The first kappa shape index (κ1) is 53.6. The number of ether oxygens (including phenoxy) is 1. The van der Waals surface area contributed by atoms with Crippen LogP contribution in [0.2, 0.25) is 0 Å². The molecule has 0 aromatic heterocycles. The fourth-order valence-corrected chi connectivity index (χ4v) is 7.60. The minimum atomic E-state index is -0.784. The van der Waals surface area contributed by atoms with Gasteiger partial charge in [0.15, 0.2) is 0 Å². The highest BCUT2D eigenvalue weighted by Gasteiger charge is 2.24. The second-order valence-electron chi connectivity index (χ2n) is 16.9. The van der Waals surface area contributed by atoms with Crippen molar-refractivity contribution in [2.45, 2.75) is 283 Å². The number of esters is 1. The standard InChI is InChI=1S/C49H95NO5/c1-4-7-10-13-16-19-21-22-23-24-25-26-27-30-32-35-38-41-47(52)46(44-51)50-48(53)43-45(40-37-34-31-29-20-17-14-11-8-5-2)55-49(54)42-39-36-33-28-18-15-12-9-6-3/h17,20,45-47,51-52H,4-16,18-19,21-44H2,1-3H3,(H,50,53)/b20-17-. The zero-order chi connectivity index (χ0) is 40.3. The first-order valence-corrected chi connectivity index (χ1v) is 24.4. The number of allylic oxidation sites excluding steroid dienone is 2. The maximum absolute atomic E-state index is 13.1. The third kappa shape index (κ3) is 39.2. The van der Waals surface area contributed by atoms with E-state index >= 15 is 0 Å². The Bertz CT molecular complexity index is 832. The molecule has 0 bridgehead atoms. The average Bonchev–Trinajstić information content (AvgIpc) is 3.18. The summed E-state index contributed by atoms with van der Waals surface area (Å²) in [5.41, 5.74) is 0. The normalized spacial score (nSPS) is 13.3. The molecule has 0 aliphatic rings. The molecule has 3 N–H and O–H groups in total. The van der Waals surface area contributed by atoms with E-state index in [2.05, 4.69) is 38.2 Å². The SMILES string of the molecule is CCCCC/C=C\CCCCCC(CC(=O)NC(CO)C(O)CCCCCCCCCCCCCCCCCCC)OC(=O)CCCCCCCCCCC. The van der Waals surface area contributed by atoms with E-state index in [0.29, 0.717) is 19.3 Å². The maximum atomic E-state index is 13.1. The number of carbonyl (C=O) groups excluding carboxylic acids is 2. The number of aliphatic hydroxyl groups excluding tert-OH is 2. The highest BCUT2D eigenvalue weighted by atomic mass is 16.5. The monoisotopic (exact) mass is 778 g/mol. The topological polar surface area (TPSA) is 95.9 Å². The number of rotatable bonds is 44.